The van der Waals surface area contributed by atoms with Gasteiger partial charge in [-0.15, -0.1) is 0 Å². The second-order valence-corrected chi connectivity index (χ2v) is 6.69. The maximum absolute atomic E-state index is 5.24. The van der Waals surface area contributed by atoms with E-state index in [2.05, 4.69) is 40.1 Å². The predicted octanol–water partition coefficient (Wildman–Crippen LogP) is 4.00. The van der Waals surface area contributed by atoms with E-state index in [1.165, 1.54) is 0 Å². The molecule has 0 radical (unpaired) electrons. The summed E-state index contributed by atoms with van der Waals surface area (Å²) in [6, 6.07) is 5.93. The predicted molar refractivity (Wildman–Crippen MR) is 82.8 cm³/mol. The minimum atomic E-state index is 0.585. The van der Waals surface area contributed by atoms with E-state index in [1.54, 1.807) is 7.11 Å². The van der Waals surface area contributed by atoms with E-state index in [-0.39, 0.29) is 0 Å². The Morgan fingerprint density at radius 3 is 2.83 bits per heavy atom. The highest BCUT2D eigenvalue weighted by molar-refractivity contribution is 9.10. The monoisotopic (exact) mass is 328 g/mol. The van der Waals surface area contributed by atoms with E-state index >= 15 is 0 Å². The summed E-state index contributed by atoms with van der Waals surface area (Å²) < 4.78 is 6.24. The summed E-state index contributed by atoms with van der Waals surface area (Å²) in [4.78, 5) is 4.53. The molecule has 0 aromatic heterocycles. The first kappa shape index (κ1) is 13.7. The van der Waals surface area contributed by atoms with Crippen LogP contribution in [0.4, 0.5) is 5.69 Å². The molecule has 18 heavy (non-hydrogen) atoms. The number of amidine groups is 1. The minimum absolute atomic E-state index is 0.585. The molecule has 0 amide bonds. The number of nitrogens with one attached hydrogen (secondary N) is 1. The molecule has 0 saturated carbocycles. The normalized spacial score (nSPS) is 18.9. The number of hydrogen-bond donors (Lipinski definition) is 1. The van der Waals surface area contributed by atoms with Crippen LogP contribution in [0.3, 0.4) is 0 Å². The Labute approximate surface area is 121 Å². The molecule has 98 valence electrons. The molecule has 1 aromatic carbocycles. The summed E-state index contributed by atoms with van der Waals surface area (Å²) >= 11 is 5.29. The number of halogens is 1. The molecule has 1 unspecified atom stereocenters. The molecule has 0 spiro atoms. The number of benzene rings is 1. The Morgan fingerprint density at radius 1 is 1.44 bits per heavy atom. The number of ether oxygens (including phenoxy) is 1. The maximum atomic E-state index is 5.24. The molecule has 0 saturated heterocycles. The fourth-order valence-corrected chi connectivity index (χ4v) is 3.19. The average molecular weight is 329 g/mol. The summed E-state index contributed by atoms with van der Waals surface area (Å²) in [5.41, 5.74) is 0.997. The highest BCUT2D eigenvalue weighted by atomic mass is 79.9. The van der Waals surface area contributed by atoms with E-state index in [0.29, 0.717) is 11.2 Å². The third-order valence-corrected chi connectivity index (χ3v) is 4.69. The Hall–Kier alpha value is -0.680. The molecule has 3 nitrogen and oxygen atoms in total. The zero-order valence-electron chi connectivity index (χ0n) is 10.7. The number of thioether (sulfide) groups is 1. The van der Waals surface area contributed by atoms with Crippen LogP contribution in [0.25, 0.3) is 0 Å². The zero-order chi connectivity index (χ0) is 13.1. The van der Waals surface area contributed by atoms with Crippen molar-refractivity contribution < 1.29 is 4.74 Å². The molecule has 0 bridgehead atoms. The molecule has 1 heterocycles. The van der Waals surface area contributed by atoms with Gasteiger partial charge in [0.25, 0.3) is 0 Å². The first-order chi connectivity index (χ1) is 8.58. The van der Waals surface area contributed by atoms with E-state index in [0.717, 1.165) is 27.6 Å². The second-order valence-electron chi connectivity index (χ2n) is 4.55. The van der Waals surface area contributed by atoms with Gasteiger partial charge in [-0.3, -0.25) is 4.99 Å². The molecule has 0 fully saturated rings. The van der Waals surface area contributed by atoms with Gasteiger partial charge in [-0.25, -0.2) is 0 Å². The fraction of sp³-hybridized carbons (Fsp3) is 0.462. The molecule has 1 aliphatic rings. The second kappa shape index (κ2) is 5.97. The van der Waals surface area contributed by atoms with Gasteiger partial charge in [-0.2, -0.15) is 0 Å². The lowest BCUT2D eigenvalue weighted by molar-refractivity contribution is 0.415. The highest BCUT2D eigenvalue weighted by Crippen LogP contribution is 2.30. The Bertz CT molecular complexity index is 462. The van der Waals surface area contributed by atoms with Gasteiger partial charge in [0, 0.05) is 21.5 Å². The van der Waals surface area contributed by atoms with Gasteiger partial charge in [0.2, 0.25) is 0 Å². The van der Waals surface area contributed by atoms with Crippen LogP contribution in [0.15, 0.2) is 27.7 Å². The van der Waals surface area contributed by atoms with Crippen LogP contribution >= 0.6 is 27.7 Å². The van der Waals surface area contributed by atoms with Crippen LogP contribution in [0.5, 0.6) is 5.75 Å². The van der Waals surface area contributed by atoms with E-state index < -0.39 is 0 Å². The first-order valence-corrected chi connectivity index (χ1v) is 7.58. The lowest BCUT2D eigenvalue weighted by Crippen LogP contribution is -2.13. The van der Waals surface area contributed by atoms with Gasteiger partial charge in [0.1, 0.15) is 5.75 Å². The molecule has 1 atom stereocenters. The van der Waals surface area contributed by atoms with Crippen LogP contribution in [0.2, 0.25) is 0 Å². The lowest BCUT2D eigenvalue weighted by atomic mass is 10.1. The van der Waals surface area contributed by atoms with Crippen molar-refractivity contribution in [3.8, 4) is 5.75 Å². The highest BCUT2D eigenvalue weighted by Gasteiger charge is 2.22. The van der Waals surface area contributed by atoms with Crippen LogP contribution in [0.1, 0.15) is 13.8 Å². The Morgan fingerprint density at radius 2 is 2.22 bits per heavy atom. The molecule has 1 aliphatic heterocycles. The molecule has 1 N–H and O–H groups in total. The van der Waals surface area contributed by atoms with Crippen molar-refractivity contribution >= 4 is 38.5 Å². The number of rotatable bonds is 3. The number of nitrogens with zero attached hydrogens (tertiary/aromatic N) is 1. The number of hydrogen-bond acceptors (Lipinski definition) is 4. The third-order valence-electron chi connectivity index (χ3n) is 2.78. The summed E-state index contributed by atoms with van der Waals surface area (Å²) in [5.74, 6) is 1.48. The van der Waals surface area contributed by atoms with Gasteiger partial charge in [-0.05, 0) is 18.1 Å². The SMILES string of the molecule is COc1cc(Br)cc(NC2=NCC(C(C)C)S2)c1. The van der Waals surface area contributed by atoms with Crippen LogP contribution in [-0.2, 0) is 0 Å². The third kappa shape index (κ3) is 3.42. The first-order valence-electron chi connectivity index (χ1n) is 5.91. The van der Waals surface area contributed by atoms with Crippen LogP contribution in [0, 0.1) is 5.92 Å². The van der Waals surface area contributed by atoms with E-state index in [9.17, 15) is 0 Å². The van der Waals surface area contributed by atoms with Crippen molar-refractivity contribution in [2.45, 2.75) is 19.1 Å². The summed E-state index contributed by atoms with van der Waals surface area (Å²) in [7, 11) is 1.67. The summed E-state index contributed by atoms with van der Waals surface area (Å²) in [5, 5.41) is 4.92. The lowest BCUT2D eigenvalue weighted by Gasteiger charge is -2.12. The van der Waals surface area contributed by atoms with Gasteiger partial charge in [0.05, 0.1) is 13.7 Å². The van der Waals surface area contributed by atoms with E-state index in [4.69, 9.17) is 4.74 Å². The topological polar surface area (TPSA) is 33.6 Å². The molecule has 0 aliphatic carbocycles. The van der Waals surface area contributed by atoms with Crippen LogP contribution in [-0.4, -0.2) is 24.1 Å². The standard InChI is InChI=1S/C13H17BrN2OS/c1-8(2)12-7-15-13(18-12)16-10-4-9(14)5-11(6-10)17-3/h4-6,8,12H,7H2,1-3H3,(H,15,16). The molecular formula is C13H17BrN2OS. The molecular weight excluding hydrogens is 312 g/mol. The number of anilines is 1. The van der Waals surface area contributed by atoms with Crippen LogP contribution < -0.4 is 10.1 Å². The maximum Gasteiger partial charge on any atom is 0.161 e. The molecule has 5 heteroatoms. The van der Waals surface area contributed by atoms with Crippen molar-refractivity contribution in [1.82, 2.24) is 0 Å². The van der Waals surface area contributed by atoms with Gasteiger partial charge < -0.3 is 10.1 Å². The van der Waals surface area contributed by atoms with E-state index in [1.807, 2.05) is 30.0 Å². The van der Waals surface area contributed by atoms with Crippen molar-refractivity contribution in [3.63, 3.8) is 0 Å². The van der Waals surface area contributed by atoms with Crippen molar-refractivity contribution in [1.29, 1.82) is 0 Å². The van der Waals surface area contributed by atoms with Gasteiger partial charge >= 0.3 is 0 Å². The average Bonchev–Trinajstić information content (AvgIpc) is 2.76. The molecule has 1 aromatic rings. The minimum Gasteiger partial charge on any atom is -0.497 e. The smallest absolute Gasteiger partial charge is 0.161 e. The zero-order valence-corrected chi connectivity index (χ0v) is 13.1. The van der Waals surface area contributed by atoms with Crippen molar-refractivity contribution in [2.75, 3.05) is 19.0 Å². The van der Waals surface area contributed by atoms with Gasteiger partial charge in [0.15, 0.2) is 5.17 Å². The number of aliphatic imine (C=N–C) groups is 1. The largest absolute Gasteiger partial charge is 0.497 e. The van der Waals surface area contributed by atoms with Gasteiger partial charge in [-0.1, -0.05) is 41.5 Å². The number of methoxy groups -OCH3 is 1. The Kier molecular flexibility index (Phi) is 4.56. The quantitative estimate of drug-likeness (QED) is 0.910. The summed E-state index contributed by atoms with van der Waals surface area (Å²) in [6.45, 7) is 5.37. The van der Waals surface area contributed by atoms with Crippen molar-refractivity contribution in [2.24, 2.45) is 10.9 Å². The molecule has 2 rings (SSSR count). The Balaban J connectivity index is 2.04. The fourth-order valence-electron chi connectivity index (χ4n) is 1.68. The van der Waals surface area contributed by atoms with Crippen molar-refractivity contribution in [3.05, 3.63) is 22.7 Å². The summed E-state index contributed by atoms with van der Waals surface area (Å²) in [6.07, 6.45) is 0.